The Morgan fingerprint density at radius 2 is 1.82 bits per heavy atom. The van der Waals surface area contributed by atoms with Gasteiger partial charge < -0.3 is 4.74 Å². The third-order valence-corrected chi connectivity index (χ3v) is 2.88. The summed E-state index contributed by atoms with van der Waals surface area (Å²) in [4.78, 5) is 0. The highest BCUT2D eigenvalue weighted by molar-refractivity contribution is 5.62. The Kier molecular flexibility index (Phi) is 6.46. The summed E-state index contributed by atoms with van der Waals surface area (Å²) in [7, 11) is 0. The molecule has 0 saturated carbocycles. The van der Waals surface area contributed by atoms with Crippen molar-refractivity contribution in [3.05, 3.63) is 41.7 Å². The minimum Gasteiger partial charge on any atom is -0.501 e. The van der Waals surface area contributed by atoms with Crippen LogP contribution in [-0.2, 0) is 4.74 Å². The zero-order valence-corrected chi connectivity index (χ0v) is 11.3. The van der Waals surface area contributed by atoms with Gasteiger partial charge in [0.2, 0.25) is 0 Å². The molecule has 0 fully saturated rings. The lowest BCUT2D eigenvalue weighted by Gasteiger charge is -2.04. The smallest absolute Gasteiger partial charge is 0.0873 e. The average Bonchev–Trinajstić information content (AvgIpc) is 2.34. The number of hydrogen-bond acceptors (Lipinski definition) is 1. The molecule has 0 bridgehead atoms. The Bertz CT molecular complexity index is 335. The first-order chi connectivity index (χ1) is 8.24. The van der Waals surface area contributed by atoms with E-state index < -0.39 is 0 Å². The number of benzene rings is 1. The van der Waals surface area contributed by atoms with Crippen LogP contribution in [0.5, 0.6) is 0 Å². The average molecular weight is 232 g/mol. The Morgan fingerprint density at radius 1 is 1.12 bits per heavy atom. The standard InChI is InChI=1S/C16H24O/c1-4-5-6-7-12-17-13-15(3)16-10-8-14(2)9-11-16/h8-11,13H,4-7,12H2,1-3H3/b15-13+. The molecule has 0 heterocycles. The second-order valence-electron chi connectivity index (χ2n) is 4.60. The summed E-state index contributed by atoms with van der Waals surface area (Å²) in [5.41, 5.74) is 3.73. The largest absolute Gasteiger partial charge is 0.501 e. The van der Waals surface area contributed by atoms with Crippen LogP contribution in [0, 0.1) is 6.92 Å². The second kappa shape index (κ2) is 7.94. The van der Waals surface area contributed by atoms with E-state index in [2.05, 4.69) is 45.0 Å². The molecule has 0 N–H and O–H groups in total. The van der Waals surface area contributed by atoms with Gasteiger partial charge in [-0.15, -0.1) is 0 Å². The molecular weight excluding hydrogens is 208 g/mol. The van der Waals surface area contributed by atoms with Crippen LogP contribution in [0.3, 0.4) is 0 Å². The number of hydrogen-bond donors (Lipinski definition) is 0. The summed E-state index contributed by atoms with van der Waals surface area (Å²) >= 11 is 0. The van der Waals surface area contributed by atoms with Gasteiger partial charge in [-0.25, -0.2) is 0 Å². The quantitative estimate of drug-likeness (QED) is 0.477. The van der Waals surface area contributed by atoms with Crippen LogP contribution >= 0.6 is 0 Å². The molecule has 1 aromatic rings. The summed E-state index contributed by atoms with van der Waals surface area (Å²) in [6.45, 7) is 7.26. The normalized spacial score (nSPS) is 11.6. The maximum absolute atomic E-state index is 5.56. The molecule has 0 aliphatic carbocycles. The van der Waals surface area contributed by atoms with Crippen molar-refractivity contribution in [2.45, 2.75) is 46.5 Å². The summed E-state index contributed by atoms with van der Waals surface area (Å²) in [6.07, 6.45) is 6.90. The van der Waals surface area contributed by atoms with Gasteiger partial charge in [0.1, 0.15) is 0 Å². The monoisotopic (exact) mass is 232 g/mol. The molecule has 1 heteroatoms. The zero-order chi connectivity index (χ0) is 12.5. The van der Waals surface area contributed by atoms with Gasteiger partial charge >= 0.3 is 0 Å². The summed E-state index contributed by atoms with van der Waals surface area (Å²) in [5.74, 6) is 0. The van der Waals surface area contributed by atoms with Crippen LogP contribution in [-0.4, -0.2) is 6.61 Å². The van der Waals surface area contributed by atoms with E-state index >= 15 is 0 Å². The van der Waals surface area contributed by atoms with Gasteiger partial charge in [-0.05, 0) is 31.4 Å². The lowest BCUT2D eigenvalue weighted by molar-refractivity contribution is 0.242. The van der Waals surface area contributed by atoms with E-state index in [4.69, 9.17) is 4.74 Å². The predicted octanol–water partition coefficient (Wildman–Crippen LogP) is 4.95. The van der Waals surface area contributed by atoms with Crippen LogP contribution in [0.25, 0.3) is 5.57 Å². The fraction of sp³-hybridized carbons (Fsp3) is 0.500. The van der Waals surface area contributed by atoms with Crippen molar-refractivity contribution in [1.29, 1.82) is 0 Å². The molecule has 0 aliphatic heterocycles. The van der Waals surface area contributed by atoms with Gasteiger partial charge in [-0.1, -0.05) is 56.0 Å². The number of unbranched alkanes of at least 4 members (excludes halogenated alkanes) is 3. The third-order valence-electron chi connectivity index (χ3n) is 2.88. The van der Waals surface area contributed by atoms with Gasteiger partial charge in [0.15, 0.2) is 0 Å². The van der Waals surface area contributed by atoms with Crippen LogP contribution in [0.4, 0.5) is 0 Å². The van der Waals surface area contributed by atoms with E-state index in [1.807, 2.05) is 6.26 Å². The van der Waals surface area contributed by atoms with Crippen molar-refractivity contribution in [1.82, 2.24) is 0 Å². The number of rotatable bonds is 7. The number of aryl methyl sites for hydroxylation is 1. The van der Waals surface area contributed by atoms with Crippen molar-refractivity contribution in [3.63, 3.8) is 0 Å². The molecule has 0 spiro atoms. The minimum atomic E-state index is 0.837. The van der Waals surface area contributed by atoms with Crippen LogP contribution < -0.4 is 0 Å². The topological polar surface area (TPSA) is 9.23 Å². The Morgan fingerprint density at radius 3 is 2.47 bits per heavy atom. The molecule has 17 heavy (non-hydrogen) atoms. The summed E-state index contributed by atoms with van der Waals surface area (Å²) in [6, 6.07) is 8.55. The van der Waals surface area contributed by atoms with Gasteiger partial charge in [-0.2, -0.15) is 0 Å². The molecule has 1 nitrogen and oxygen atoms in total. The van der Waals surface area contributed by atoms with Crippen molar-refractivity contribution in [2.75, 3.05) is 6.61 Å². The molecule has 0 radical (unpaired) electrons. The lowest BCUT2D eigenvalue weighted by atomic mass is 10.1. The Labute approximate surface area is 106 Å². The number of ether oxygens (including phenoxy) is 1. The van der Waals surface area contributed by atoms with E-state index in [1.165, 1.54) is 36.0 Å². The first-order valence-electron chi connectivity index (χ1n) is 6.59. The van der Waals surface area contributed by atoms with E-state index in [1.54, 1.807) is 0 Å². The van der Waals surface area contributed by atoms with Crippen molar-refractivity contribution >= 4 is 5.57 Å². The van der Waals surface area contributed by atoms with E-state index in [0.717, 1.165) is 13.0 Å². The predicted molar refractivity (Wildman–Crippen MR) is 74.9 cm³/mol. The van der Waals surface area contributed by atoms with Gasteiger partial charge in [0.25, 0.3) is 0 Å². The van der Waals surface area contributed by atoms with Gasteiger partial charge in [-0.3, -0.25) is 0 Å². The second-order valence-corrected chi connectivity index (χ2v) is 4.60. The highest BCUT2D eigenvalue weighted by Crippen LogP contribution is 2.14. The van der Waals surface area contributed by atoms with Crippen molar-refractivity contribution < 1.29 is 4.74 Å². The fourth-order valence-electron chi connectivity index (χ4n) is 1.68. The molecular formula is C16H24O. The maximum Gasteiger partial charge on any atom is 0.0873 e. The van der Waals surface area contributed by atoms with E-state index in [9.17, 15) is 0 Å². The summed E-state index contributed by atoms with van der Waals surface area (Å²) in [5, 5.41) is 0. The molecule has 1 aromatic carbocycles. The minimum absolute atomic E-state index is 0.837. The van der Waals surface area contributed by atoms with Crippen LogP contribution in [0.2, 0.25) is 0 Å². The molecule has 94 valence electrons. The molecule has 0 atom stereocenters. The van der Waals surface area contributed by atoms with E-state index in [-0.39, 0.29) is 0 Å². The van der Waals surface area contributed by atoms with Crippen LogP contribution in [0.1, 0.15) is 50.7 Å². The first kappa shape index (κ1) is 13.8. The molecule has 0 saturated heterocycles. The van der Waals surface area contributed by atoms with E-state index in [0.29, 0.717) is 0 Å². The molecule has 0 unspecified atom stereocenters. The summed E-state index contributed by atoms with van der Waals surface area (Å²) < 4.78 is 5.56. The molecule has 0 aromatic heterocycles. The molecule has 0 aliphatic rings. The van der Waals surface area contributed by atoms with Crippen molar-refractivity contribution in [2.24, 2.45) is 0 Å². The highest BCUT2D eigenvalue weighted by atomic mass is 16.5. The van der Waals surface area contributed by atoms with Crippen LogP contribution in [0.15, 0.2) is 30.5 Å². The maximum atomic E-state index is 5.56. The van der Waals surface area contributed by atoms with Gasteiger partial charge in [0.05, 0.1) is 12.9 Å². The SMILES string of the molecule is CCCCCCO/C=C(\C)c1ccc(C)cc1. The third kappa shape index (κ3) is 5.58. The Hall–Kier alpha value is -1.24. The highest BCUT2D eigenvalue weighted by Gasteiger charge is 1.95. The van der Waals surface area contributed by atoms with Crippen molar-refractivity contribution in [3.8, 4) is 0 Å². The molecule has 1 rings (SSSR count). The fourth-order valence-corrected chi connectivity index (χ4v) is 1.68. The number of allylic oxidation sites excluding steroid dienone is 1. The Balaban J connectivity index is 2.31. The zero-order valence-electron chi connectivity index (χ0n) is 11.3. The first-order valence-corrected chi connectivity index (χ1v) is 6.59. The molecule has 0 amide bonds. The van der Waals surface area contributed by atoms with Gasteiger partial charge in [0, 0.05) is 0 Å². The lowest BCUT2D eigenvalue weighted by Crippen LogP contribution is -1.89.